The van der Waals surface area contributed by atoms with E-state index in [0.29, 0.717) is 23.1 Å². The summed E-state index contributed by atoms with van der Waals surface area (Å²) in [7, 11) is -0.821. The summed E-state index contributed by atoms with van der Waals surface area (Å²) >= 11 is 1.36. The van der Waals surface area contributed by atoms with E-state index in [0.717, 1.165) is 0 Å². The summed E-state index contributed by atoms with van der Waals surface area (Å²) in [5, 5.41) is 13.9. The van der Waals surface area contributed by atoms with Crippen LogP contribution in [0.2, 0.25) is 0 Å². The quantitative estimate of drug-likeness (QED) is 0.769. The molecule has 1 unspecified atom stereocenters. The Morgan fingerprint density at radius 3 is 3.07 bits per heavy atom. The van der Waals surface area contributed by atoms with E-state index < -0.39 is 16.8 Å². The van der Waals surface area contributed by atoms with Crippen LogP contribution in [-0.2, 0) is 22.0 Å². The summed E-state index contributed by atoms with van der Waals surface area (Å²) in [6.07, 6.45) is 1.58. The number of anilines is 1. The summed E-state index contributed by atoms with van der Waals surface area (Å²) in [6, 6.07) is 0. The third-order valence-corrected chi connectivity index (χ3v) is 3.18. The number of aliphatic carboxylic acids is 1. The molecule has 0 radical (unpaired) electrons. The smallest absolute Gasteiger partial charge is 0.309 e. The maximum absolute atomic E-state index is 10.8. The lowest BCUT2D eigenvalue weighted by atomic mass is 10.3. The zero-order valence-corrected chi connectivity index (χ0v) is 9.86. The molecular formula is C8H12N2O3S2. The number of thiazole rings is 1. The van der Waals surface area contributed by atoms with E-state index in [9.17, 15) is 9.00 Å². The standard InChI is InChI=1S/C8H12N2O3S2/c1-15(13)3-2-9-8-10-6(5-14-8)4-7(11)12/h5H,2-4H2,1H3,(H,9,10)(H,11,12). The van der Waals surface area contributed by atoms with E-state index in [-0.39, 0.29) is 6.42 Å². The van der Waals surface area contributed by atoms with E-state index >= 15 is 0 Å². The van der Waals surface area contributed by atoms with Crippen molar-refractivity contribution >= 4 is 33.2 Å². The Bertz CT molecular complexity index is 365. The molecule has 0 aliphatic carbocycles. The second-order valence-corrected chi connectivity index (χ2v) is 5.33. The van der Waals surface area contributed by atoms with Crippen molar-refractivity contribution in [3.8, 4) is 0 Å². The highest BCUT2D eigenvalue weighted by Crippen LogP contribution is 2.15. The third-order valence-electron chi connectivity index (χ3n) is 1.55. The van der Waals surface area contributed by atoms with Crippen LogP contribution in [0.25, 0.3) is 0 Å². The lowest BCUT2D eigenvalue weighted by Gasteiger charge is -1.99. The molecule has 0 saturated heterocycles. The molecule has 1 heterocycles. The van der Waals surface area contributed by atoms with E-state index in [2.05, 4.69) is 10.3 Å². The maximum Gasteiger partial charge on any atom is 0.309 e. The van der Waals surface area contributed by atoms with Gasteiger partial charge in [-0.25, -0.2) is 4.98 Å². The van der Waals surface area contributed by atoms with Crippen molar-refractivity contribution in [2.75, 3.05) is 23.9 Å². The molecule has 1 aromatic heterocycles. The monoisotopic (exact) mass is 248 g/mol. The summed E-state index contributed by atoms with van der Waals surface area (Å²) in [4.78, 5) is 14.5. The number of nitrogens with zero attached hydrogens (tertiary/aromatic N) is 1. The van der Waals surface area contributed by atoms with Gasteiger partial charge in [0.15, 0.2) is 5.13 Å². The van der Waals surface area contributed by atoms with E-state index in [1.165, 1.54) is 11.3 Å². The van der Waals surface area contributed by atoms with E-state index in [4.69, 9.17) is 5.11 Å². The Balaban J connectivity index is 2.39. The van der Waals surface area contributed by atoms with Crippen molar-refractivity contribution in [1.29, 1.82) is 0 Å². The van der Waals surface area contributed by atoms with Crippen molar-refractivity contribution in [3.63, 3.8) is 0 Å². The first-order chi connectivity index (χ1) is 7.08. The maximum atomic E-state index is 10.8. The molecule has 1 aromatic rings. The normalized spacial score (nSPS) is 12.3. The predicted molar refractivity (Wildman–Crippen MR) is 60.9 cm³/mol. The highest BCUT2D eigenvalue weighted by atomic mass is 32.2. The van der Waals surface area contributed by atoms with Crippen LogP contribution in [0.5, 0.6) is 0 Å². The molecule has 7 heteroatoms. The van der Waals surface area contributed by atoms with Crippen molar-refractivity contribution < 1.29 is 14.1 Å². The van der Waals surface area contributed by atoms with Gasteiger partial charge < -0.3 is 10.4 Å². The molecule has 0 amide bonds. The van der Waals surface area contributed by atoms with Gasteiger partial charge in [0.25, 0.3) is 0 Å². The molecule has 0 spiro atoms. The molecule has 0 saturated carbocycles. The fraction of sp³-hybridized carbons (Fsp3) is 0.500. The number of carbonyl (C=O) groups is 1. The van der Waals surface area contributed by atoms with Gasteiger partial charge in [-0.1, -0.05) is 0 Å². The number of hydrogen-bond donors (Lipinski definition) is 2. The highest BCUT2D eigenvalue weighted by molar-refractivity contribution is 7.84. The number of rotatable bonds is 6. The Morgan fingerprint density at radius 1 is 1.73 bits per heavy atom. The number of hydrogen-bond acceptors (Lipinski definition) is 5. The van der Waals surface area contributed by atoms with Gasteiger partial charge in [0.1, 0.15) is 0 Å². The Hall–Kier alpha value is -0.950. The minimum atomic E-state index is -0.887. The van der Waals surface area contributed by atoms with Crippen LogP contribution in [0.1, 0.15) is 5.69 Å². The number of nitrogens with one attached hydrogen (secondary N) is 1. The van der Waals surface area contributed by atoms with Crippen LogP contribution in [0.4, 0.5) is 5.13 Å². The zero-order chi connectivity index (χ0) is 11.3. The number of carboxylic acids is 1. The Kier molecular flexibility index (Phi) is 4.70. The first-order valence-electron chi connectivity index (χ1n) is 4.28. The van der Waals surface area contributed by atoms with Gasteiger partial charge >= 0.3 is 5.97 Å². The van der Waals surface area contributed by atoms with E-state index in [1.807, 2.05) is 0 Å². The number of carboxylic acid groups (broad SMARTS) is 1. The average Bonchev–Trinajstić information content (AvgIpc) is 2.50. The molecule has 0 aliphatic rings. The molecule has 0 bridgehead atoms. The Morgan fingerprint density at radius 2 is 2.47 bits per heavy atom. The molecule has 0 fully saturated rings. The second kappa shape index (κ2) is 5.82. The first-order valence-corrected chi connectivity index (χ1v) is 6.88. The summed E-state index contributed by atoms with van der Waals surface area (Å²) in [5.41, 5.74) is 0.549. The van der Waals surface area contributed by atoms with Crippen molar-refractivity contribution in [3.05, 3.63) is 11.1 Å². The fourth-order valence-electron chi connectivity index (χ4n) is 0.926. The van der Waals surface area contributed by atoms with E-state index in [1.54, 1.807) is 11.6 Å². The topological polar surface area (TPSA) is 79.3 Å². The zero-order valence-electron chi connectivity index (χ0n) is 8.23. The highest BCUT2D eigenvalue weighted by Gasteiger charge is 2.05. The van der Waals surface area contributed by atoms with Crippen LogP contribution >= 0.6 is 11.3 Å². The van der Waals surface area contributed by atoms with Crippen LogP contribution < -0.4 is 5.32 Å². The fourth-order valence-corrected chi connectivity index (χ4v) is 2.05. The minimum Gasteiger partial charge on any atom is -0.481 e. The summed E-state index contributed by atoms with van der Waals surface area (Å²) < 4.78 is 10.8. The molecular weight excluding hydrogens is 236 g/mol. The first kappa shape index (κ1) is 12.1. The van der Waals surface area contributed by atoms with Gasteiger partial charge in [0, 0.05) is 34.7 Å². The largest absolute Gasteiger partial charge is 0.481 e. The molecule has 84 valence electrons. The van der Waals surface area contributed by atoms with Gasteiger partial charge in [-0.2, -0.15) is 0 Å². The molecule has 15 heavy (non-hydrogen) atoms. The summed E-state index contributed by atoms with van der Waals surface area (Å²) in [6.45, 7) is 0.586. The lowest BCUT2D eigenvalue weighted by molar-refractivity contribution is -0.136. The lowest BCUT2D eigenvalue weighted by Crippen LogP contribution is -2.09. The van der Waals surface area contributed by atoms with Gasteiger partial charge in [-0.3, -0.25) is 9.00 Å². The van der Waals surface area contributed by atoms with Crippen LogP contribution in [0.15, 0.2) is 5.38 Å². The van der Waals surface area contributed by atoms with Gasteiger partial charge in [-0.15, -0.1) is 11.3 Å². The molecule has 0 aliphatic heterocycles. The Labute approximate surface area is 94.0 Å². The van der Waals surface area contributed by atoms with Crippen molar-refractivity contribution in [1.82, 2.24) is 4.98 Å². The van der Waals surface area contributed by atoms with Crippen LogP contribution in [0.3, 0.4) is 0 Å². The average molecular weight is 248 g/mol. The van der Waals surface area contributed by atoms with Gasteiger partial charge in [-0.05, 0) is 0 Å². The molecule has 1 rings (SSSR count). The predicted octanol–water partition coefficient (Wildman–Crippen LogP) is 0.561. The molecule has 0 aromatic carbocycles. The van der Waals surface area contributed by atoms with Gasteiger partial charge in [0.2, 0.25) is 0 Å². The SMILES string of the molecule is CS(=O)CCNc1nc(CC(=O)O)cs1. The second-order valence-electron chi connectivity index (χ2n) is 2.92. The molecule has 2 N–H and O–H groups in total. The number of aromatic nitrogens is 1. The molecule has 1 atom stereocenters. The third kappa shape index (κ3) is 4.89. The summed E-state index contributed by atoms with van der Waals surface area (Å²) in [5.74, 6) is -0.324. The minimum absolute atomic E-state index is 0.0577. The van der Waals surface area contributed by atoms with Crippen LogP contribution in [0, 0.1) is 0 Å². The van der Waals surface area contributed by atoms with Crippen molar-refractivity contribution in [2.24, 2.45) is 0 Å². The van der Waals surface area contributed by atoms with Crippen LogP contribution in [-0.4, -0.2) is 38.8 Å². The van der Waals surface area contributed by atoms with Gasteiger partial charge in [0.05, 0.1) is 12.1 Å². The molecule has 5 nitrogen and oxygen atoms in total. The van der Waals surface area contributed by atoms with Crippen molar-refractivity contribution in [2.45, 2.75) is 6.42 Å².